The van der Waals surface area contributed by atoms with Gasteiger partial charge >= 0.3 is 5.97 Å². The fourth-order valence-corrected chi connectivity index (χ4v) is 1.27. The minimum Gasteiger partial charge on any atom is -0.478 e. The third-order valence-electron chi connectivity index (χ3n) is 2.23. The molecule has 0 aromatic heterocycles. The van der Waals surface area contributed by atoms with E-state index in [2.05, 4.69) is 11.9 Å². The molecule has 2 amide bonds. The number of carboxylic acid groups (broad SMARTS) is 1. The maximum atomic E-state index is 11.2. The van der Waals surface area contributed by atoms with Crippen molar-refractivity contribution in [3.05, 3.63) is 12.2 Å². The average molecular weight is 212 g/mol. The van der Waals surface area contributed by atoms with Gasteiger partial charge in [-0.25, -0.2) is 4.79 Å². The highest BCUT2D eigenvalue weighted by Crippen LogP contribution is 2.07. The molecule has 0 aromatic rings. The normalized spacial score (nSPS) is 22.3. The molecule has 1 fully saturated rings. The molecule has 0 aromatic carbocycles. The van der Waals surface area contributed by atoms with Gasteiger partial charge in [0.25, 0.3) is 0 Å². The first kappa shape index (κ1) is 11.4. The van der Waals surface area contributed by atoms with Gasteiger partial charge in [-0.15, -0.1) is 0 Å². The van der Waals surface area contributed by atoms with Gasteiger partial charge in [-0.2, -0.15) is 0 Å². The Labute approximate surface area is 86.6 Å². The molecule has 6 heteroatoms. The van der Waals surface area contributed by atoms with Crippen LogP contribution < -0.4 is 5.32 Å². The van der Waals surface area contributed by atoms with Crippen molar-refractivity contribution >= 4 is 17.8 Å². The Morgan fingerprint density at radius 1 is 1.67 bits per heavy atom. The number of imide groups is 1. The van der Waals surface area contributed by atoms with E-state index < -0.39 is 23.8 Å². The molecule has 1 aliphatic rings. The summed E-state index contributed by atoms with van der Waals surface area (Å²) in [5, 5.41) is 10.8. The number of aliphatic carboxylic acids is 1. The Morgan fingerprint density at radius 3 is 2.80 bits per heavy atom. The number of hydrogen-bond donors (Lipinski definition) is 2. The van der Waals surface area contributed by atoms with Gasteiger partial charge < -0.3 is 5.11 Å². The molecule has 82 valence electrons. The van der Waals surface area contributed by atoms with Crippen LogP contribution in [0.25, 0.3) is 0 Å². The Hall–Kier alpha value is -1.69. The molecule has 1 rings (SSSR count). The van der Waals surface area contributed by atoms with Crippen LogP contribution in [0.5, 0.6) is 0 Å². The third kappa shape index (κ3) is 2.63. The third-order valence-corrected chi connectivity index (χ3v) is 2.23. The molecule has 0 saturated carbocycles. The van der Waals surface area contributed by atoms with E-state index in [1.165, 1.54) is 4.90 Å². The number of carbonyl (C=O) groups excluding carboxylic acids is 2. The summed E-state index contributed by atoms with van der Waals surface area (Å²) in [6.45, 7) is 4.98. The maximum Gasteiger partial charge on any atom is 0.332 e. The van der Waals surface area contributed by atoms with Crippen molar-refractivity contribution < 1.29 is 19.5 Å². The van der Waals surface area contributed by atoms with Gasteiger partial charge in [0.05, 0.1) is 12.6 Å². The molecule has 1 saturated heterocycles. The molecule has 2 N–H and O–H groups in total. The smallest absolute Gasteiger partial charge is 0.332 e. The van der Waals surface area contributed by atoms with E-state index in [0.29, 0.717) is 0 Å². The van der Waals surface area contributed by atoms with Gasteiger partial charge in [0, 0.05) is 12.1 Å². The molecule has 1 atom stereocenters. The van der Waals surface area contributed by atoms with Gasteiger partial charge in [-0.05, 0) is 6.92 Å². The number of rotatable bonds is 3. The Balaban J connectivity index is 2.68. The summed E-state index contributed by atoms with van der Waals surface area (Å²) in [5.41, 5.74) is -0.0376. The Kier molecular flexibility index (Phi) is 3.21. The van der Waals surface area contributed by atoms with Crippen molar-refractivity contribution in [2.75, 3.05) is 13.1 Å². The van der Waals surface area contributed by atoms with Crippen LogP contribution in [0.4, 0.5) is 0 Å². The lowest BCUT2D eigenvalue weighted by Gasteiger charge is -2.31. The van der Waals surface area contributed by atoms with Crippen LogP contribution >= 0.6 is 0 Å². The van der Waals surface area contributed by atoms with Crippen molar-refractivity contribution in [1.82, 2.24) is 10.2 Å². The van der Waals surface area contributed by atoms with E-state index in [-0.39, 0.29) is 18.7 Å². The SMILES string of the molecule is C=C(CN1CC(=O)NC(=O)C1C)C(=O)O. The summed E-state index contributed by atoms with van der Waals surface area (Å²) >= 11 is 0. The number of amides is 2. The molecule has 1 unspecified atom stereocenters. The summed E-state index contributed by atoms with van der Waals surface area (Å²) in [7, 11) is 0. The van der Waals surface area contributed by atoms with Crippen LogP contribution in [0.1, 0.15) is 6.92 Å². The van der Waals surface area contributed by atoms with Crippen LogP contribution in [-0.2, 0) is 14.4 Å². The number of carboxylic acids is 1. The van der Waals surface area contributed by atoms with Crippen LogP contribution in [0.15, 0.2) is 12.2 Å². The van der Waals surface area contributed by atoms with Gasteiger partial charge in [0.1, 0.15) is 0 Å². The predicted molar refractivity (Wildman–Crippen MR) is 51.0 cm³/mol. The second-order valence-corrected chi connectivity index (χ2v) is 3.40. The number of nitrogens with zero attached hydrogens (tertiary/aromatic N) is 1. The largest absolute Gasteiger partial charge is 0.478 e. The van der Waals surface area contributed by atoms with Crippen molar-refractivity contribution in [3.8, 4) is 0 Å². The molecular formula is C9H12N2O4. The number of nitrogens with one attached hydrogen (secondary N) is 1. The lowest BCUT2D eigenvalue weighted by Crippen LogP contribution is -2.57. The monoisotopic (exact) mass is 212 g/mol. The summed E-state index contributed by atoms with van der Waals surface area (Å²) in [4.78, 5) is 34.2. The molecule has 15 heavy (non-hydrogen) atoms. The lowest BCUT2D eigenvalue weighted by atomic mass is 10.1. The van der Waals surface area contributed by atoms with E-state index in [0.717, 1.165) is 0 Å². The molecule has 0 radical (unpaired) electrons. The summed E-state index contributed by atoms with van der Waals surface area (Å²) in [6, 6.07) is -0.515. The number of hydrogen-bond acceptors (Lipinski definition) is 4. The maximum absolute atomic E-state index is 11.2. The highest BCUT2D eigenvalue weighted by molar-refractivity contribution is 6.01. The summed E-state index contributed by atoms with van der Waals surface area (Å²) < 4.78 is 0. The highest BCUT2D eigenvalue weighted by Gasteiger charge is 2.30. The fraction of sp³-hybridized carbons (Fsp3) is 0.444. The molecule has 6 nitrogen and oxygen atoms in total. The first-order valence-electron chi connectivity index (χ1n) is 4.40. The minimum absolute atomic E-state index is 0.00958. The number of carbonyl (C=O) groups is 3. The van der Waals surface area contributed by atoms with E-state index in [9.17, 15) is 14.4 Å². The van der Waals surface area contributed by atoms with Crippen molar-refractivity contribution in [2.45, 2.75) is 13.0 Å². The molecule has 1 aliphatic heterocycles. The topological polar surface area (TPSA) is 86.7 Å². The zero-order chi connectivity index (χ0) is 11.6. The molecule has 0 aliphatic carbocycles. The van der Waals surface area contributed by atoms with E-state index >= 15 is 0 Å². The van der Waals surface area contributed by atoms with Gasteiger partial charge in [0.15, 0.2) is 0 Å². The van der Waals surface area contributed by atoms with Crippen LogP contribution in [0.3, 0.4) is 0 Å². The van der Waals surface area contributed by atoms with Crippen molar-refractivity contribution in [2.24, 2.45) is 0 Å². The Bertz CT molecular complexity index is 337. The molecule has 1 heterocycles. The summed E-state index contributed by atoms with van der Waals surface area (Å²) in [5.74, 6) is -1.96. The molecule has 0 bridgehead atoms. The first-order chi connectivity index (χ1) is 6.91. The zero-order valence-electron chi connectivity index (χ0n) is 8.32. The predicted octanol–water partition coefficient (Wildman–Crippen LogP) is -1.03. The van der Waals surface area contributed by atoms with Crippen molar-refractivity contribution in [3.63, 3.8) is 0 Å². The van der Waals surface area contributed by atoms with Crippen molar-refractivity contribution in [1.29, 1.82) is 0 Å². The first-order valence-corrected chi connectivity index (χ1v) is 4.40. The summed E-state index contributed by atoms with van der Waals surface area (Å²) in [6.07, 6.45) is 0. The number of piperazine rings is 1. The van der Waals surface area contributed by atoms with Gasteiger partial charge in [0.2, 0.25) is 11.8 Å². The average Bonchev–Trinajstić information content (AvgIpc) is 2.13. The van der Waals surface area contributed by atoms with Gasteiger partial charge in [-0.1, -0.05) is 6.58 Å². The lowest BCUT2D eigenvalue weighted by molar-refractivity contribution is -0.140. The minimum atomic E-state index is -1.12. The Morgan fingerprint density at radius 2 is 2.27 bits per heavy atom. The zero-order valence-corrected chi connectivity index (χ0v) is 8.32. The molecular weight excluding hydrogens is 200 g/mol. The van der Waals surface area contributed by atoms with E-state index in [1.807, 2.05) is 0 Å². The van der Waals surface area contributed by atoms with Gasteiger partial charge in [-0.3, -0.25) is 19.8 Å². The fourth-order valence-electron chi connectivity index (χ4n) is 1.27. The highest BCUT2D eigenvalue weighted by atomic mass is 16.4. The molecule has 0 spiro atoms. The van der Waals surface area contributed by atoms with Crippen LogP contribution in [0.2, 0.25) is 0 Å². The van der Waals surface area contributed by atoms with E-state index in [1.54, 1.807) is 6.92 Å². The quantitative estimate of drug-likeness (QED) is 0.461. The second-order valence-electron chi connectivity index (χ2n) is 3.40. The standard InChI is InChI=1S/C9H12N2O4/c1-5(9(14)15)3-11-4-7(12)10-8(13)6(11)2/h6H,1,3-4H2,2H3,(H,14,15)(H,10,12,13). The second kappa shape index (κ2) is 4.22. The van der Waals surface area contributed by atoms with Crippen LogP contribution in [0, 0.1) is 0 Å². The van der Waals surface area contributed by atoms with Crippen LogP contribution in [-0.4, -0.2) is 46.9 Å². The van der Waals surface area contributed by atoms with E-state index in [4.69, 9.17) is 5.11 Å².